The lowest BCUT2D eigenvalue weighted by Crippen LogP contribution is -1.96. The zero-order valence-electron chi connectivity index (χ0n) is 14.1. The van der Waals surface area contributed by atoms with Gasteiger partial charge in [0.05, 0.1) is 5.69 Å². The third-order valence-electron chi connectivity index (χ3n) is 4.30. The molecule has 2 heteroatoms. The van der Waals surface area contributed by atoms with Crippen LogP contribution >= 0.6 is 0 Å². The monoisotopic (exact) mass is 322 g/mol. The van der Waals surface area contributed by atoms with Gasteiger partial charge in [0, 0.05) is 22.9 Å². The maximum atomic E-state index is 4.92. The summed E-state index contributed by atoms with van der Waals surface area (Å²) in [5.41, 5.74) is 6.53. The number of hydrogen-bond acceptors (Lipinski definition) is 2. The summed E-state index contributed by atoms with van der Waals surface area (Å²) in [6.45, 7) is 2.12. The van der Waals surface area contributed by atoms with Gasteiger partial charge in [0.15, 0.2) is 5.82 Å². The van der Waals surface area contributed by atoms with Gasteiger partial charge in [0.25, 0.3) is 0 Å². The fourth-order valence-corrected chi connectivity index (χ4v) is 3.00. The molecule has 120 valence electrons. The first kappa shape index (κ1) is 15.3. The van der Waals surface area contributed by atoms with Crippen molar-refractivity contribution >= 4 is 0 Å². The Bertz CT molecular complexity index is 993. The number of aryl methyl sites for hydroxylation is 1. The molecule has 0 bridgehead atoms. The Balaban J connectivity index is 1.95. The number of hydrogen-bond donors (Lipinski definition) is 0. The topological polar surface area (TPSA) is 25.8 Å². The summed E-state index contributed by atoms with van der Waals surface area (Å²) in [4.78, 5) is 9.56. The molecule has 0 aliphatic heterocycles. The van der Waals surface area contributed by atoms with Crippen LogP contribution in [0.25, 0.3) is 33.8 Å². The van der Waals surface area contributed by atoms with Crippen molar-refractivity contribution in [3.63, 3.8) is 0 Å². The van der Waals surface area contributed by atoms with E-state index in [4.69, 9.17) is 4.98 Å². The van der Waals surface area contributed by atoms with Crippen LogP contribution in [0.3, 0.4) is 0 Å². The molecule has 0 N–H and O–H groups in total. The fourth-order valence-electron chi connectivity index (χ4n) is 3.00. The van der Waals surface area contributed by atoms with Gasteiger partial charge in [0.1, 0.15) is 0 Å². The van der Waals surface area contributed by atoms with E-state index >= 15 is 0 Å². The van der Waals surface area contributed by atoms with Crippen LogP contribution in [-0.4, -0.2) is 9.97 Å². The second-order valence-electron chi connectivity index (χ2n) is 6.00. The Morgan fingerprint density at radius 1 is 0.600 bits per heavy atom. The Kier molecular flexibility index (Phi) is 4.09. The lowest BCUT2D eigenvalue weighted by atomic mass is 9.97. The van der Waals surface area contributed by atoms with Crippen molar-refractivity contribution in [3.8, 4) is 33.8 Å². The van der Waals surface area contributed by atoms with E-state index in [1.54, 1.807) is 0 Å². The molecule has 0 atom stereocenters. The van der Waals surface area contributed by atoms with Gasteiger partial charge in [0.2, 0.25) is 0 Å². The van der Waals surface area contributed by atoms with Crippen molar-refractivity contribution in [3.05, 3.63) is 96.7 Å². The average molecular weight is 322 g/mol. The van der Waals surface area contributed by atoms with Crippen molar-refractivity contribution < 1.29 is 0 Å². The highest BCUT2D eigenvalue weighted by molar-refractivity contribution is 5.82. The molecule has 0 fully saturated rings. The molecule has 0 unspecified atom stereocenters. The van der Waals surface area contributed by atoms with Crippen LogP contribution in [0.5, 0.6) is 0 Å². The van der Waals surface area contributed by atoms with Crippen LogP contribution in [0.4, 0.5) is 0 Å². The van der Waals surface area contributed by atoms with Crippen LogP contribution in [0.15, 0.2) is 91.1 Å². The number of rotatable bonds is 3. The highest BCUT2D eigenvalue weighted by Gasteiger charge is 2.13. The van der Waals surface area contributed by atoms with Crippen molar-refractivity contribution in [2.24, 2.45) is 0 Å². The predicted octanol–water partition coefficient (Wildman–Crippen LogP) is 5.79. The minimum atomic E-state index is 0.747. The number of benzene rings is 3. The van der Waals surface area contributed by atoms with E-state index in [0.29, 0.717) is 0 Å². The Hall–Kier alpha value is -3.26. The maximum absolute atomic E-state index is 4.92. The molecule has 0 aliphatic rings. The van der Waals surface area contributed by atoms with Gasteiger partial charge in [-0.2, -0.15) is 0 Å². The summed E-state index contributed by atoms with van der Waals surface area (Å²) in [7, 11) is 0. The molecule has 4 aromatic rings. The van der Waals surface area contributed by atoms with Gasteiger partial charge >= 0.3 is 0 Å². The van der Waals surface area contributed by atoms with E-state index in [0.717, 1.165) is 28.2 Å². The summed E-state index contributed by atoms with van der Waals surface area (Å²) < 4.78 is 0. The van der Waals surface area contributed by atoms with Crippen molar-refractivity contribution in [1.82, 2.24) is 9.97 Å². The normalized spacial score (nSPS) is 10.6. The van der Waals surface area contributed by atoms with Gasteiger partial charge in [-0.25, -0.2) is 9.97 Å². The Morgan fingerprint density at radius 2 is 1.20 bits per heavy atom. The average Bonchev–Trinajstić information content (AvgIpc) is 2.69. The minimum Gasteiger partial charge on any atom is -0.236 e. The van der Waals surface area contributed by atoms with E-state index in [-0.39, 0.29) is 0 Å². The first-order valence-corrected chi connectivity index (χ1v) is 8.37. The van der Waals surface area contributed by atoms with E-state index in [1.165, 1.54) is 11.1 Å². The largest absolute Gasteiger partial charge is 0.236 e. The smallest absolute Gasteiger partial charge is 0.159 e. The lowest BCUT2D eigenvalue weighted by molar-refractivity contribution is 1.18. The number of nitrogens with zero attached hydrogens (tertiary/aromatic N) is 2. The van der Waals surface area contributed by atoms with Gasteiger partial charge in [-0.15, -0.1) is 0 Å². The minimum absolute atomic E-state index is 0.747. The molecule has 3 aromatic carbocycles. The van der Waals surface area contributed by atoms with E-state index in [1.807, 2.05) is 54.7 Å². The molecule has 0 aliphatic carbocycles. The maximum Gasteiger partial charge on any atom is 0.159 e. The molecular weight excluding hydrogens is 304 g/mol. The van der Waals surface area contributed by atoms with Crippen LogP contribution in [0, 0.1) is 6.92 Å². The summed E-state index contributed by atoms with van der Waals surface area (Å²) in [5, 5.41) is 0. The molecule has 0 saturated heterocycles. The second kappa shape index (κ2) is 6.70. The number of aromatic nitrogens is 2. The molecule has 0 radical (unpaired) electrons. The highest BCUT2D eigenvalue weighted by Crippen LogP contribution is 2.33. The molecule has 0 amide bonds. The summed E-state index contributed by atoms with van der Waals surface area (Å²) in [5.74, 6) is 0.747. The molecular formula is C23H18N2. The second-order valence-corrected chi connectivity index (χ2v) is 6.00. The zero-order chi connectivity index (χ0) is 17.1. The summed E-state index contributed by atoms with van der Waals surface area (Å²) in [6.07, 6.45) is 1.94. The molecule has 2 nitrogen and oxygen atoms in total. The summed E-state index contributed by atoms with van der Waals surface area (Å²) in [6, 6.07) is 28.8. The van der Waals surface area contributed by atoms with E-state index in [9.17, 15) is 0 Å². The van der Waals surface area contributed by atoms with Gasteiger partial charge in [-0.1, -0.05) is 84.9 Å². The fraction of sp³-hybridized carbons (Fsp3) is 0.0435. The molecule has 0 saturated carbocycles. The predicted molar refractivity (Wildman–Crippen MR) is 103 cm³/mol. The van der Waals surface area contributed by atoms with Crippen molar-refractivity contribution in [2.45, 2.75) is 6.92 Å². The third kappa shape index (κ3) is 3.07. The molecule has 0 spiro atoms. The Morgan fingerprint density at radius 3 is 1.88 bits per heavy atom. The van der Waals surface area contributed by atoms with Crippen molar-refractivity contribution in [2.75, 3.05) is 0 Å². The van der Waals surface area contributed by atoms with Crippen LogP contribution in [-0.2, 0) is 0 Å². The lowest BCUT2D eigenvalue weighted by Gasteiger charge is -2.13. The molecule has 1 heterocycles. The SMILES string of the molecule is Cc1ccccc1-c1cnc(-c2ccccc2)nc1-c1ccccc1. The van der Waals surface area contributed by atoms with Crippen LogP contribution < -0.4 is 0 Å². The van der Waals surface area contributed by atoms with Crippen LogP contribution in [0.2, 0.25) is 0 Å². The molecule has 25 heavy (non-hydrogen) atoms. The highest BCUT2D eigenvalue weighted by atomic mass is 14.9. The summed E-state index contributed by atoms with van der Waals surface area (Å²) >= 11 is 0. The van der Waals surface area contributed by atoms with Gasteiger partial charge in [-0.3, -0.25) is 0 Å². The first-order chi connectivity index (χ1) is 12.3. The molecule has 1 aromatic heterocycles. The molecule has 4 rings (SSSR count). The van der Waals surface area contributed by atoms with Crippen LogP contribution in [0.1, 0.15) is 5.56 Å². The zero-order valence-corrected chi connectivity index (χ0v) is 14.1. The third-order valence-corrected chi connectivity index (χ3v) is 4.30. The Labute approximate surface area is 147 Å². The van der Waals surface area contributed by atoms with Gasteiger partial charge in [-0.05, 0) is 18.1 Å². The standard InChI is InChI=1S/C23H18N2/c1-17-10-8-9-15-20(17)21-16-24-23(19-13-6-3-7-14-19)25-22(21)18-11-4-2-5-12-18/h2-16H,1H3. The van der Waals surface area contributed by atoms with E-state index in [2.05, 4.69) is 48.3 Å². The van der Waals surface area contributed by atoms with E-state index < -0.39 is 0 Å². The van der Waals surface area contributed by atoms with Crippen molar-refractivity contribution in [1.29, 1.82) is 0 Å². The first-order valence-electron chi connectivity index (χ1n) is 8.37. The van der Waals surface area contributed by atoms with Gasteiger partial charge < -0.3 is 0 Å². The quantitative estimate of drug-likeness (QED) is 0.477.